The Bertz CT molecular complexity index is 364. The molecule has 2 unspecified atom stereocenters. The molecule has 2 heterocycles. The van der Waals surface area contributed by atoms with Crippen LogP contribution in [-0.4, -0.2) is 31.3 Å². The maximum absolute atomic E-state index is 6.04. The van der Waals surface area contributed by atoms with Crippen LogP contribution in [0.1, 0.15) is 24.1 Å². The molecule has 3 rings (SSSR count). The summed E-state index contributed by atoms with van der Waals surface area (Å²) in [5.74, 6) is 0.818. The van der Waals surface area contributed by atoms with Crippen molar-refractivity contribution in [1.82, 2.24) is 10.3 Å². The van der Waals surface area contributed by atoms with Crippen molar-refractivity contribution in [3.63, 3.8) is 0 Å². The lowest BCUT2D eigenvalue weighted by atomic mass is 9.75. The number of thiazole rings is 1. The third-order valence-corrected chi connectivity index (χ3v) is 4.87. The van der Waals surface area contributed by atoms with E-state index in [1.807, 2.05) is 11.7 Å². The first-order valence-corrected chi connectivity index (χ1v) is 7.36. The lowest BCUT2D eigenvalue weighted by Crippen LogP contribution is -2.42. The molecular formula is C13H20N2OS. The summed E-state index contributed by atoms with van der Waals surface area (Å²) in [5.41, 5.74) is 2.24. The van der Waals surface area contributed by atoms with Crippen LogP contribution in [0.15, 0.2) is 11.7 Å². The zero-order chi connectivity index (χ0) is 11.7. The Hall–Kier alpha value is -0.450. The third kappa shape index (κ3) is 2.26. The van der Waals surface area contributed by atoms with E-state index in [-0.39, 0.29) is 0 Å². The van der Waals surface area contributed by atoms with E-state index in [1.54, 1.807) is 11.3 Å². The van der Waals surface area contributed by atoms with E-state index in [2.05, 4.69) is 17.3 Å². The van der Waals surface area contributed by atoms with Gasteiger partial charge in [0.2, 0.25) is 0 Å². The Labute approximate surface area is 107 Å². The Morgan fingerprint density at radius 2 is 2.47 bits per heavy atom. The molecule has 1 saturated carbocycles. The van der Waals surface area contributed by atoms with Gasteiger partial charge in [-0.05, 0) is 38.6 Å². The molecule has 0 radical (unpaired) electrons. The summed E-state index contributed by atoms with van der Waals surface area (Å²) in [6.45, 7) is 1.99. The minimum Gasteiger partial charge on any atom is -0.377 e. The van der Waals surface area contributed by atoms with Gasteiger partial charge in [0.05, 0.1) is 11.6 Å². The minimum absolute atomic E-state index is 0.308. The molecule has 0 spiro atoms. The normalized spacial score (nSPS) is 33.1. The standard InChI is InChI=1S/C13H20N2OS/c1-14-8-13(6-11-7-15-9-17-11)4-5-16-12(13)10-2-3-10/h7,9-10,12,14H,2-6,8H2,1H3. The number of hydrogen-bond donors (Lipinski definition) is 1. The first-order valence-electron chi connectivity index (χ1n) is 6.48. The highest BCUT2D eigenvalue weighted by Crippen LogP contribution is 2.49. The molecule has 2 fully saturated rings. The monoisotopic (exact) mass is 252 g/mol. The topological polar surface area (TPSA) is 34.2 Å². The predicted octanol–water partition coefficient (Wildman–Crippen LogP) is 2.09. The van der Waals surface area contributed by atoms with E-state index in [1.165, 1.54) is 24.1 Å². The molecule has 1 aromatic rings. The largest absolute Gasteiger partial charge is 0.377 e. The predicted molar refractivity (Wildman–Crippen MR) is 69.3 cm³/mol. The van der Waals surface area contributed by atoms with Crippen molar-refractivity contribution in [3.05, 3.63) is 16.6 Å². The van der Waals surface area contributed by atoms with Gasteiger partial charge < -0.3 is 10.1 Å². The lowest BCUT2D eigenvalue weighted by Gasteiger charge is -2.34. The second kappa shape index (κ2) is 4.67. The zero-order valence-electron chi connectivity index (χ0n) is 10.3. The minimum atomic E-state index is 0.308. The molecule has 2 atom stereocenters. The number of nitrogens with one attached hydrogen (secondary N) is 1. The van der Waals surface area contributed by atoms with Gasteiger partial charge in [-0.3, -0.25) is 4.98 Å². The van der Waals surface area contributed by atoms with Crippen molar-refractivity contribution >= 4 is 11.3 Å². The molecule has 2 aliphatic rings. The van der Waals surface area contributed by atoms with Crippen LogP contribution < -0.4 is 5.32 Å². The van der Waals surface area contributed by atoms with Gasteiger partial charge in [-0.1, -0.05) is 0 Å². The highest BCUT2D eigenvalue weighted by Gasteiger charge is 2.50. The van der Waals surface area contributed by atoms with E-state index in [0.717, 1.165) is 25.5 Å². The van der Waals surface area contributed by atoms with Gasteiger partial charge in [0.15, 0.2) is 0 Å². The van der Waals surface area contributed by atoms with Crippen LogP contribution in [0.25, 0.3) is 0 Å². The van der Waals surface area contributed by atoms with Crippen LogP contribution in [0.3, 0.4) is 0 Å². The summed E-state index contributed by atoms with van der Waals surface area (Å²) in [7, 11) is 2.05. The van der Waals surface area contributed by atoms with Crippen molar-refractivity contribution in [2.45, 2.75) is 31.8 Å². The molecule has 1 aliphatic heterocycles. The SMILES string of the molecule is CNCC1(Cc2cncs2)CCOC1C1CC1. The fraction of sp³-hybridized carbons (Fsp3) is 0.769. The van der Waals surface area contributed by atoms with Gasteiger partial charge in [0.1, 0.15) is 0 Å². The molecule has 94 valence electrons. The second-order valence-corrected chi connectivity index (χ2v) is 6.39. The van der Waals surface area contributed by atoms with Gasteiger partial charge in [0.25, 0.3) is 0 Å². The Balaban J connectivity index is 1.80. The van der Waals surface area contributed by atoms with Crippen LogP contribution in [-0.2, 0) is 11.2 Å². The molecule has 1 aromatic heterocycles. The molecule has 4 heteroatoms. The number of nitrogens with zero attached hydrogens (tertiary/aromatic N) is 1. The average Bonchev–Trinajstić information content (AvgIpc) is 2.88. The summed E-state index contributed by atoms with van der Waals surface area (Å²) in [6, 6.07) is 0. The maximum Gasteiger partial charge on any atom is 0.0794 e. The van der Waals surface area contributed by atoms with Crippen molar-refractivity contribution in [3.8, 4) is 0 Å². The average molecular weight is 252 g/mol. The lowest BCUT2D eigenvalue weighted by molar-refractivity contribution is 0.0318. The molecule has 1 aliphatic carbocycles. The summed E-state index contributed by atoms with van der Waals surface area (Å²) in [4.78, 5) is 5.60. The van der Waals surface area contributed by atoms with Crippen molar-refractivity contribution in [2.24, 2.45) is 11.3 Å². The van der Waals surface area contributed by atoms with Gasteiger partial charge >= 0.3 is 0 Å². The van der Waals surface area contributed by atoms with Crippen LogP contribution in [0.5, 0.6) is 0 Å². The smallest absolute Gasteiger partial charge is 0.0794 e. The first-order chi connectivity index (χ1) is 8.34. The van der Waals surface area contributed by atoms with Crippen LogP contribution in [0.2, 0.25) is 0 Å². The molecule has 3 nitrogen and oxygen atoms in total. The molecule has 0 amide bonds. The summed E-state index contributed by atoms with van der Waals surface area (Å²) in [5, 5.41) is 3.38. The van der Waals surface area contributed by atoms with E-state index < -0.39 is 0 Å². The van der Waals surface area contributed by atoms with E-state index >= 15 is 0 Å². The summed E-state index contributed by atoms with van der Waals surface area (Å²) < 4.78 is 6.04. The van der Waals surface area contributed by atoms with Crippen molar-refractivity contribution < 1.29 is 4.74 Å². The number of rotatable bonds is 5. The Morgan fingerprint density at radius 3 is 3.12 bits per heavy atom. The van der Waals surface area contributed by atoms with Crippen LogP contribution >= 0.6 is 11.3 Å². The first kappa shape index (κ1) is 11.6. The highest BCUT2D eigenvalue weighted by molar-refractivity contribution is 7.09. The number of ether oxygens (including phenoxy) is 1. The molecule has 0 aromatic carbocycles. The van der Waals surface area contributed by atoms with Gasteiger partial charge in [-0.25, -0.2) is 0 Å². The quantitative estimate of drug-likeness (QED) is 0.871. The van der Waals surface area contributed by atoms with E-state index in [0.29, 0.717) is 11.5 Å². The van der Waals surface area contributed by atoms with Crippen LogP contribution in [0, 0.1) is 11.3 Å². The zero-order valence-corrected chi connectivity index (χ0v) is 11.1. The summed E-state index contributed by atoms with van der Waals surface area (Å²) in [6.07, 6.45) is 7.52. The van der Waals surface area contributed by atoms with Gasteiger partial charge in [0, 0.05) is 29.6 Å². The van der Waals surface area contributed by atoms with E-state index in [9.17, 15) is 0 Å². The summed E-state index contributed by atoms with van der Waals surface area (Å²) >= 11 is 1.77. The molecule has 1 saturated heterocycles. The molecule has 0 bridgehead atoms. The highest BCUT2D eigenvalue weighted by atomic mass is 32.1. The molecule has 1 N–H and O–H groups in total. The van der Waals surface area contributed by atoms with Crippen molar-refractivity contribution in [2.75, 3.05) is 20.2 Å². The second-order valence-electron chi connectivity index (χ2n) is 5.42. The fourth-order valence-corrected chi connectivity index (χ4v) is 3.96. The maximum atomic E-state index is 6.04. The Kier molecular flexibility index (Phi) is 3.19. The Morgan fingerprint density at radius 1 is 1.59 bits per heavy atom. The van der Waals surface area contributed by atoms with Gasteiger partial charge in [-0.15, -0.1) is 11.3 Å². The third-order valence-electron chi connectivity index (χ3n) is 4.09. The van der Waals surface area contributed by atoms with Crippen LogP contribution in [0.4, 0.5) is 0 Å². The van der Waals surface area contributed by atoms with Crippen molar-refractivity contribution in [1.29, 1.82) is 0 Å². The molecular weight excluding hydrogens is 232 g/mol. The number of hydrogen-bond acceptors (Lipinski definition) is 4. The van der Waals surface area contributed by atoms with Gasteiger partial charge in [-0.2, -0.15) is 0 Å². The molecule has 17 heavy (non-hydrogen) atoms. The van der Waals surface area contributed by atoms with E-state index in [4.69, 9.17) is 4.74 Å². The number of aromatic nitrogens is 1. The fourth-order valence-electron chi connectivity index (χ4n) is 3.21.